The molecular formula is C18H24O. The van der Waals surface area contributed by atoms with Gasteiger partial charge in [0.1, 0.15) is 0 Å². The Labute approximate surface area is 116 Å². The number of fused-ring (bicyclic) bond motifs is 1. The molecule has 1 heteroatoms. The van der Waals surface area contributed by atoms with Gasteiger partial charge in [0.15, 0.2) is 5.78 Å². The van der Waals surface area contributed by atoms with Crippen molar-refractivity contribution < 1.29 is 4.79 Å². The van der Waals surface area contributed by atoms with Crippen LogP contribution in [-0.4, -0.2) is 5.78 Å². The van der Waals surface area contributed by atoms with E-state index in [1.807, 2.05) is 6.08 Å². The summed E-state index contributed by atoms with van der Waals surface area (Å²) in [7, 11) is 0. The van der Waals surface area contributed by atoms with E-state index in [1.54, 1.807) is 5.57 Å². The van der Waals surface area contributed by atoms with E-state index in [-0.39, 0.29) is 0 Å². The van der Waals surface area contributed by atoms with E-state index < -0.39 is 0 Å². The van der Waals surface area contributed by atoms with Gasteiger partial charge in [-0.1, -0.05) is 17.7 Å². The molecule has 0 amide bonds. The molecule has 3 aliphatic rings. The second-order valence-electron chi connectivity index (χ2n) is 6.32. The molecule has 2 atom stereocenters. The van der Waals surface area contributed by atoms with E-state index in [0.717, 1.165) is 31.6 Å². The van der Waals surface area contributed by atoms with Crippen LogP contribution in [0.5, 0.6) is 0 Å². The van der Waals surface area contributed by atoms with Crippen molar-refractivity contribution in [2.24, 2.45) is 11.8 Å². The lowest BCUT2D eigenvalue weighted by Gasteiger charge is -2.15. The summed E-state index contributed by atoms with van der Waals surface area (Å²) < 4.78 is 0. The fourth-order valence-corrected chi connectivity index (χ4v) is 4.14. The molecule has 0 heterocycles. The fraction of sp³-hybridized carbons (Fsp3) is 0.611. The van der Waals surface area contributed by atoms with Crippen LogP contribution in [0.2, 0.25) is 0 Å². The maximum Gasteiger partial charge on any atom is 0.159 e. The average molecular weight is 256 g/mol. The van der Waals surface area contributed by atoms with Crippen LogP contribution in [-0.2, 0) is 4.79 Å². The number of ketones is 1. The van der Waals surface area contributed by atoms with E-state index in [2.05, 4.69) is 12.7 Å². The standard InChI is InChI=1S/C18H24O/c1-2-3-4-6-13-9-10-15-12-18(19)16-8-5-7-14(16)11-17(13)15/h2,11,13,15H,1,3-10,12H2. The molecule has 0 aromatic carbocycles. The molecule has 3 aliphatic carbocycles. The van der Waals surface area contributed by atoms with Crippen molar-refractivity contribution in [1.82, 2.24) is 0 Å². The molecule has 0 aromatic rings. The highest BCUT2D eigenvalue weighted by molar-refractivity contribution is 5.98. The van der Waals surface area contributed by atoms with Crippen molar-refractivity contribution in [3.8, 4) is 0 Å². The van der Waals surface area contributed by atoms with Crippen LogP contribution in [0.1, 0.15) is 57.8 Å². The summed E-state index contributed by atoms with van der Waals surface area (Å²) in [6.45, 7) is 3.81. The lowest BCUT2D eigenvalue weighted by atomic mass is 9.90. The van der Waals surface area contributed by atoms with Crippen LogP contribution in [0.25, 0.3) is 0 Å². The molecule has 2 unspecified atom stereocenters. The number of allylic oxidation sites excluding steroid dienone is 5. The lowest BCUT2D eigenvalue weighted by Crippen LogP contribution is -2.08. The van der Waals surface area contributed by atoms with Crippen molar-refractivity contribution in [3.63, 3.8) is 0 Å². The van der Waals surface area contributed by atoms with Gasteiger partial charge in [-0.25, -0.2) is 0 Å². The van der Waals surface area contributed by atoms with Gasteiger partial charge in [-0.05, 0) is 74.3 Å². The highest BCUT2D eigenvalue weighted by Gasteiger charge is 2.35. The van der Waals surface area contributed by atoms with Crippen LogP contribution in [0.15, 0.2) is 35.5 Å². The Bertz CT molecular complexity index is 452. The maximum atomic E-state index is 12.3. The molecule has 1 fully saturated rings. The Morgan fingerprint density at radius 1 is 1.32 bits per heavy atom. The van der Waals surface area contributed by atoms with E-state index in [9.17, 15) is 4.79 Å². The van der Waals surface area contributed by atoms with E-state index in [0.29, 0.717) is 11.7 Å². The van der Waals surface area contributed by atoms with Crippen molar-refractivity contribution in [3.05, 3.63) is 35.5 Å². The summed E-state index contributed by atoms with van der Waals surface area (Å²) in [4.78, 5) is 12.3. The Hall–Kier alpha value is -1.11. The molecule has 0 radical (unpaired) electrons. The van der Waals surface area contributed by atoms with Gasteiger partial charge in [0.05, 0.1) is 0 Å². The first kappa shape index (κ1) is 12.9. The van der Waals surface area contributed by atoms with Crippen molar-refractivity contribution in [2.45, 2.75) is 57.8 Å². The van der Waals surface area contributed by atoms with Gasteiger partial charge in [-0.2, -0.15) is 0 Å². The third-order valence-electron chi connectivity index (χ3n) is 5.14. The summed E-state index contributed by atoms with van der Waals surface area (Å²) >= 11 is 0. The minimum atomic E-state index is 0.454. The zero-order valence-corrected chi connectivity index (χ0v) is 11.8. The Kier molecular flexibility index (Phi) is 3.72. The summed E-state index contributed by atoms with van der Waals surface area (Å²) in [5.41, 5.74) is 4.18. The zero-order valence-electron chi connectivity index (χ0n) is 11.8. The lowest BCUT2D eigenvalue weighted by molar-refractivity contribution is -0.116. The molecule has 0 aliphatic heterocycles. The van der Waals surface area contributed by atoms with Crippen LogP contribution in [0.3, 0.4) is 0 Å². The van der Waals surface area contributed by atoms with Crippen LogP contribution >= 0.6 is 0 Å². The Balaban J connectivity index is 1.79. The van der Waals surface area contributed by atoms with Crippen molar-refractivity contribution in [2.75, 3.05) is 0 Å². The molecule has 0 bridgehead atoms. The highest BCUT2D eigenvalue weighted by atomic mass is 16.1. The number of rotatable bonds is 4. The Morgan fingerprint density at radius 3 is 3.05 bits per heavy atom. The first-order chi connectivity index (χ1) is 9.29. The van der Waals surface area contributed by atoms with Gasteiger partial charge in [0, 0.05) is 6.42 Å². The molecule has 0 saturated heterocycles. The third-order valence-corrected chi connectivity index (χ3v) is 5.14. The predicted octanol–water partition coefficient (Wildman–Crippen LogP) is 4.75. The number of hydrogen-bond acceptors (Lipinski definition) is 1. The molecule has 102 valence electrons. The average Bonchev–Trinajstić information content (AvgIpc) is 2.97. The first-order valence-corrected chi connectivity index (χ1v) is 7.87. The Morgan fingerprint density at radius 2 is 2.21 bits per heavy atom. The summed E-state index contributed by atoms with van der Waals surface area (Å²) in [5, 5.41) is 0. The third kappa shape index (κ3) is 2.48. The summed E-state index contributed by atoms with van der Waals surface area (Å²) in [6.07, 6.45) is 14.8. The van der Waals surface area contributed by atoms with Crippen molar-refractivity contribution >= 4 is 5.78 Å². The minimum absolute atomic E-state index is 0.454. The summed E-state index contributed by atoms with van der Waals surface area (Å²) in [6, 6.07) is 0. The van der Waals surface area contributed by atoms with Gasteiger partial charge in [-0.15, -0.1) is 6.58 Å². The van der Waals surface area contributed by atoms with Crippen molar-refractivity contribution in [1.29, 1.82) is 0 Å². The molecule has 0 N–H and O–H groups in total. The molecule has 0 spiro atoms. The summed E-state index contributed by atoms with van der Waals surface area (Å²) in [5.74, 6) is 1.76. The molecular weight excluding hydrogens is 232 g/mol. The number of unbranched alkanes of at least 4 members (excludes halogenated alkanes) is 1. The largest absolute Gasteiger partial charge is 0.295 e. The zero-order chi connectivity index (χ0) is 13.2. The van der Waals surface area contributed by atoms with Gasteiger partial charge in [-0.3, -0.25) is 4.79 Å². The van der Waals surface area contributed by atoms with E-state index in [4.69, 9.17) is 0 Å². The van der Waals surface area contributed by atoms with E-state index in [1.165, 1.54) is 43.3 Å². The monoisotopic (exact) mass is 256 g/mol. The number of hydrogen-bond donors (Lipinski definition) is 0. The van der Waals surface area contributed by atoms with Crippen LogP contribution in [0.4, 0.5) is 0 Å². The number of carbonyl (C=O) groups is 1. The molecule has 0 aromatic heterocycles. The fourth-order valence-electron chi connectivity index (χ4n) is 4.14. The smallest absolute Gasteiger partial charge is 0.159 e. The quantitative estimate of drug-likeness (QED) is 0.524. The molecule has 1 nitrogen and oxygen atoms in total. The number of carbonyl (C=O) groups excluding carboxylic acids is 1. The molecule has 3 rings (SSSR count). The van der Waals surface area contributed by atoms with Crippen LogP contribution in [0, 0.1) is 11.8 Å². The predicted molar refractivity (Wildman–Crippen MR) is 78.8 cm³/mol. The number of Topliss-reactive ketones (excluding diaryl/α,β-unsaturated/α-hetero) is 1. The van der Waals surface area contributed by atoms with Gasteiger partial charge >= 0.3 is 0 Å². The second-order valence-corrected chi connectivity index (χ2v) is 6.32. The first-order valence-electron chi connectivity index (χ1n) is 7.87. The normalized spacial score (nSPS) is 29.9. The topological polar surface area (TPSA) is 17.1 Å². The highest BCUT2D eigenvalue weighted by Crippen LogP contribution is 2.46. The maximum absolute atomic E-state index is 12.3. The van der Waals surface area contributed by atoms with Gasteiger partial charge in [0.25, 0.3) is 0 Å². The van der Waals surface area contributed by atoms with Gasteiger partial charge < -0.3 is 0 Å². The molecule has 1 saturated carbocycles. The van der Waals surface area contributed by atoms with Gasteiger partial charge in [0.2, 0.25) is 0 Å². The van der Waals surface area contributed by atoms with Crippen LogP contribution < -0.4 is 0 Å². The van der Waals surface area contributed by atoms with E-state index >= 15 is 0 Å². The molecule has 19 heavy (non-hydrogen) atoms. The SMILES string of the molecule is C=CCCCC1CCC2CC(=O)C3=C(C=C12)CCC3. The minimum Gasteiger partial charge on any atom is -0.295 e. The second kappa shape index (κ2) is 5.48.